The summed E-state index contributed by atoms with van der Waals surface area (Å²) in [5, 5.41) is 6.66. The van der Waals surface area contributed by atoms with Gasteiger partial charge in [-0.15, -0.1) is 11.3 Å². The van der Waals surface area contributed by atoms with Gasteiger partial charge in [-0.1, -0.05) is 0 Å². The van der Waals surface area contributed by atoms with E-state index in [0.29, 0.717) is 43.6 Å². The van der Waals surface area contributed by atoms with Crippen LogP contribution in [0.3, 0.4) is 0 Å². The molecule has 146 valence electrons. The first-order chi connectivity index (χ1) is 12.5. The Labute approximate surface area is 157 Å². The predicted molar refractivity (Wildman–Crippen MR) is 99.6 cm³/mol. The molecule has 1 fully saturated rings. The van der Waals surface area contributed by atoms with Gasteiger partial charge in [-0.2, -0.15) is 0 Å². The smallest absolute Gasteiger partial charge is 0.265 e. The number of morpholine rings is 1. The number of methoxy groups -OCH3 is 1. The largest absolute Gasteiger partial charge is 0.383 e. The lowest BCUT2D eigenvalue weighted by Gasteiger charge is -2.25. The fraction of sp³-hybridized carbons (Fsp3) is 0.688. The second kappa shape index (κ2) is 10.4. The summed E-state index contributed by atoms with van der Waals surface area (Å²) < 4.78 is 10.4. The molecular formula is C16H27N5O4S. The number of hydrogen-bond acceptors (Lipinski definition) is 8. The van der Waals surface area contributed by atoms with Crippen molar-refractivity contribution in [2.75, 3.05) is 72.5 Å². The normalized spacial score (nSPS) is 14.9. The van der Waals surface area contributed by atoms with E-state index in [1.807, 2.05) is 0 Å². The van der Waals surface area contributed by atoms with Gasteiger partial charge in [-0.25, -0.2) is 4.98 Å². The van der Waals surface area contributed by atoms with E-state index in [2.05, 4.69) is 20.5 Å². The van der Waals surface area contributed by atoms with Crippen LogP contribution >= 0.6 is 11.3 Å². The van der Waals surface area contributed by atoms with E-state index in [0.717, 1.165) is 18.1 Å². The van der Waals surface area contributed by atoms with E-state index in [1.165, 1.54) is 16.2 Å². The van der Waals surface area contributed by atoms with Crippen molar-refractivity contribution in [3.63, 3.8) is 0 Å². The third-order valence-electron chi connectivity index (χ3n) is 3.84. The van der Waals surface area contributed by atoms with Gasteiger partial charge in [0.2, 0.25) is 5.91 Å². The molecule has 10 heteroatoms. The number of likely N-dealkylation sites (N-methyl/N-ethyl adjacent to an activating group) is 1. The molecule has 0 aliphatic carbocycles. The summed E-state index contributed by atoms with van der Waals surface area (Å²) >= 11 is 1.35. The standard InChI is InChI=1S/C16H27N5O4S/c1-20(2)13(22)10-18-16(23)14-15(17-4-7-24-3)19-12(26-14)11-21-5-8-25-9-6-21/h17H,4-11H2,1-3H3,(H,18,23). The highest BCUT2D eigenvalue weighted by molar-refractivity contribution is 7.14. The molecule has 2 rings (SSSR count). The van der Waals surface area contributed by atoms with E-state index >= 15 is 0 Å². The van der Waals surface area contributed by atoms with E-state index < -0.39 is 0 Å². The highest BCUT2D eigenvalue weighted by atomic mass is 32.1. The van der Waals surface area contributed by atoms with Crippen molar-refractivity contribution in [3.8, 4) is 0 Å². The van der Waals surface area contributed by atoms with Crippen LogP contribution in [-0.2, 0) is 20.8 Å². The summed E-state index contributed by atoms with van der Waals surface area (Å²) in [6, 6.07) is 0. The lowest BCUT2D eigenvalue weighted by Crippen LogP contribution is -2.36. The minimum absolute atomic E-state index is 0.0416. The van der Waals surface area contributed by atoms with Crippen molar-refractivity contribution in [2.24, 2.45) is 0 Å². The van der Waals surface area contributed by atoms with E-state index in [9.17, 15) is 9.59 Å². The molecule has 0 atom stereocenters. The molecule has 1 aliphatic heterocycles. The Morgan fingerprint density at radius 2 is 2.08 bits per heavy atom. The van der Waals surface area contributed by atoms with Gasteiger partial charge in [0.15, 0.2) is 5.82 Å². The van der Waals surface area contributed by atoms with Gasteiger partial charge in [-0.3, -0.25) is 14.5 Å². The number of carbonyl (C=O) groups excluding carboxylic acids is 2. The summed E-state index contributed by atoms with van der Waals surface area (Å²) in [5.41, 5.74) is 0. The van der Waals surface area contributed by atoms with Crippen LogP contribution < -0.4 is 10.6 Å². The summed E-state index contributed by atoms with van der Waals surface area (Å²) in [4.78, 5) is 32.9. The monoisotopic (exact) mass is 385 g/mol. The van der Waals surface area contributed by atoms with Gasteiger partial charge in [-0.05, 0) is 0 Å². The number of anilines is 1. The van der Waals surface area contributed by atoms with Gasteiger partial charge in [0.05, 0.1) is 32.9 Å². The lowest BCUT2D eigenvalue weighted by molar-refractivity contribution is -0.127. The predicted octanol–water partition coefficient (Wildman–Crippen LogP) is -0.148. The van der Waals surface area contributed by atoms with Crippen LogP contribution in [0.25, 0.3) is 0 Å². The van der Waals surface area contributed by atoms with Crippen LogP contribution in [-0.4, -0.2) is 93.8 Å². The number of aromatic nitrogens is 1. The minimum Gasteiger partial charge on any atom is -0.383 e. The molecule has 9 nitrogen and oxygen atoms in total. The molecular weight excluding hydrogens is 358 g/mol. The SMILES string of the molecule is COCCNc1nc(CN2CCOCC2)sc1C(=O)NCC(=O)N(C)C. The molecule has 1 saturated heterocycles. The Morgan fingerprint density at radius 1 is 1.35 bits per heavy atom. The van der Waals surface area contributed by atoms with Crippen molar-refractivity contribution in [1.82, 2.24) is 20.1 Å². The Morgan fingerprint density at radius 3 is 2.73 bits per heavy atom. The lowest BCUT2D eigenvalue weighted by atomic mass is 10.4. The maximum absolute atomic E-state index is 12.5. The zero-order valence-electron chi connectivity index (χ0n) is 15.5. The molecule has 0 radical (unpaired) electrons. The molecule has 0 bridgehead atoms. The van der Waals surface area contributed by atoms with E-state index in [1.54, 1.807) is 21.2 Å². The number of hydrogen-bond donors (Lipinski definition) is 2. The Hall–Kier alpha value is -1.75. The number of thiazole rings is 1. The van der Waals surface area contributed by atoms with Gasteiger partial charge in [0.1, 0.15) is 9.88 Å². The average molecular weight is 385 g/mol. The molecule has 1 aliphatic rings. The fourth-order valence-corrected chi connectivity index (χ4v) is 3.32. The van der Waals surface area contributed by atoms with Crippen LogP contribution in [0.1, 0.15) is 14.7 Å². The van der Waals surface area contributed by atoms with Crippen LogP contribution in [0.5, 0.6) is 0 Å². The molecule has 1 aromatic rings. The quantitative estimate of drug-likeness (QED) is 0.571. The highest BCUT2D eigenvalue weighted by Crippen LogP contribution is 2.24. The van der Waals surface area contributed by atoms with Crippen molar-refractivity contribution >= 4 is 29.0 Å². The van der Waals surface area contributed by atoms with Gasteiger partial charge in [0, 0.05) is 40.8 Å². The first-order valence-electron chi connectivity index (χ1n) is 8.52. The zero-order chi connectivity index (χ0) is 18.9. The number of amides is 2. The topological polar surface area (TPSA) is 96.0 Å². The first-order valence-corrected chi connectivity index (χ1v) is 9.34. The van der Waals surface area contributed by atoms with Gasteiger partial charge < -0.3 is 25.0 Å². The molecule has 2 amide bonds. The second-order valence-corrected chi connectivity index (χ2v) is 7.15. The summed E-state index contributed by atoms with van der Waals surface area (Å²) in [6.45, 7) is 4.83. The molecule has 1 aromatic heterocycles. The van der Waals surface area contributed by atoms with Crippen molar-refractivity contribution in [3.05, 3.63) is 9.88 Å². The van der Waals surface area contributed by atoms with Crippen molar-refractivity contribution in [2.45, 2.75) is 6.54 Å². The van der Waals surface area contributed by atoms with Crippen LogP contribution in [0.15, 0.2) is 0 Å². The highest BCUT2D eigenvalue weighted by Gasteiger charge is 2.21. The van der Waals surface area contributed by atoms with Gasteiger partial charge in [0.25, 0.3) is 5.91 Å². The number of carbonyl (C=O) groups is 2. The summed E-state index contributed by atoms with van der Waals surface area (Å²) in [5.74, 6) is 0.0706. The molecule has 26 heavy (non-hydrogen) atoms. The number of nitrogens with one attached hydrogen (secondary N) is 2. The summed E-state index contributed by atoms with van der Waals surface area (Å²) in [7, 11) is 4.92. The number of ether oxygens (including phenoxy) is 2. The minimum atomic E-state index is -0.300. The van der Waals surface area contributed by atoms with E-state index in [-0.39, 0.29) is 18.4 Å². The second-order valence-electron chi connectivity index (χ2n) is 6.06. The molecule has 2 heterocycles. The number of nitrogens with zero attached hydrogens (tertiary/aromatic N) is 3. The third kappa shape index (κ3) is 6.20. The molecule has 0 spiro atoms. The molecule has 0 unspecified atom stereocenters. The van der Waals surface area contributed by atoms with Crippen LogP contribution in [0.2, 0.25) is 0 Å². The van der Waals surface area contributed by atoms with Crippen LogP contribution in [0.4, 0.5) is 5.82 Å². The summed E-state index contributed by atoms with van der Waals surface area (Å²) in [6.07, 6.45) is 0. The van der Waals surface area contributed by atoms with Gasteiger partial charge >= 0.3 is 0 Å². The Bertz CT molecular complexity index is 601. The van der Waals surface area contributed by atoms with Crippen molar-refractivity contribution in [1.29, 1.82) is 0 Å². The molecule has 0 aromatic carbocycles. The fourth-order valence-electron chi connectivity index (χ4n) is 2.32. The number of rotatable bonds is 9. The molecule has 2 N–H and O–H groups in total. The van der Waals surface area contributed by atoms with Crippen molar-refractivity contribution < 1.29 is 19.1 Å². The third-order valence-corrected chi connectivity index (χ3v) is 4.88. The maximum atomic E-state index is 12.5. The molecule has 0 saturated carbocycles. The van der Waals surface area contributed by atoms with E-state index in [4.69, 9.17) is 9.47 Å². The zero-order valence-corrected chi connectivity index (χ0v) is 16.4. The first kappa shape index (κ1) is 20.6. The van der Waals surface area contributed by atoms with Crippen LogP contribution in [0, 0.1) is 0 Å². The average Bonchev–Trinajstić information content (AvgIpc) is 3.03. The maximum Gasteiger partial charge on any atom is 0.265 e. The Kier molecular flexibility index (Phi) is 8.23. The Balaban J connectivity index is 2.04.